The molecule has 0 aliphatic carbocycles. The molecular formula is C51H97NO5. The summed E-state index contributed by atoms with van der Waals surface area (Å²) in [5.74, 6) is -0.285. The van der Waals surface area contributed by atoms with Crippen LogP contribution in [0.3, 0.4) is 0 Å². The molecule has 6 nitrogen and oxygen atoms in total. The monoisotopic (exact) mass is 804 g/mol. The van der Waals surface area contributed by atoms with E-state index in [4.69, 9.17) is 9.47 Å². The molecule has 0 atom stereocenters. The van der Waals surface area contributed by atoms with E-state index in [9.17, 15) is 14.7 Å². The molecule has 6 heteroatoms. The molecule has 0 heterocycles. The number of rotatable bonds is 45. The Kier molecular flexibility index (Phi) is 44.1. The number of nitrogens with zero attached hydrogens (tertiary/aromatic N) is 1. The largest absolute Gasteiger partial charge is 0.463 e. The van der Waals surface area contributed by atoms with E-state index in [1.807, 2.05) is 12.2 Å². The molecule has 57 heavy (non-hydrogen) atoms. The normalized spacial score (nSPS) is 12.2. The summed E-state index contributed by atoms with van der Waals surface area (Å²) in [6, 6.07) is 0. The topological polar surface area (TPSA) is 76.1 Å². The van der Waals surface area contributed by atoms with Crippen molar-refractivity contribution in [3.05, 3.63) is 23.3 Å². The van der Waals surface area contributed by atoms with Crippen molar-refractivity contribution in [1.82, 2.24) is 4.90 Å². The van der Waals surface area contributed by atoms with Gasteiger partial charge in [-0.1, -0.05) is 180 Å². The van der Waals surface area contributed by atoms with Gasteiger partial charge < -0.3 is 19.5 Å². The highest BCUT2D eigenvalue weighted by molar-refractivity contribution is 5.83. The molecule has 0 fully saturated rings. The van der Waals surface area contributed by atoms with Gasteiger partial charge in [0.25, 0.3) is 0 Å². The van der Waals surface area contributed by atoms with Gasteiger partial charge in [-0.3, -0.25) is 0 Å². The molecule has 0 aliphatic rings. The number of unbranched alkanes of at least 4 members (excludes halogenated alkanes) is 24. The lowest BCUT2D eigenvalue weighted by Crippen LogP contribution is -2.27. The average molecular weight is 804 g/mol. The molecule has 0 saturated heterocycles. The number of allylic oxidation sites excluding steroid dienone is 2. The first-order valence-electron chi connectivity index (χ1n) is 25.1. The van der Waals surface area contributed by atoms with Gasteiger partial charge in [0.05, 0.1) is 13.2 Å². The Bertz CT molecular complexity index is 931. The molecule has 0 saturated carbocycles. The van der Waals surface area contributed by atoms with Crippen LogP contribution in [0.5, 0.6) is 0 Å². The van der Waals surface area contributed by atoms with Crippen LogP contribution in [0.15, 0.2) is 23.3 Å². The van der Waals surface area contributed by atoms with Crippen LogP contribution in [0.4, 0.5) is 0 Å². The molecule has 0 unspecified atom stereocenters. The first kappa shape index (κ1) is 55.3. The summed E-state index contributed by atoms with van der Waals surface area (Å²) in [4.78, 5) is 27.7. The predicted octanol–water partition coefficient (Wildman–Crippen LogP) is 15.0. The minimum Gasteiger partial charge on any atom is -0.463 e. The second-order valence-corrected chi connectivity index (χ2v) is 17.1. The summed E-state index contributed by atoms with van der Waals surface area (Å²) in [7, 11) is 0. The molecule has 0 aromatic rings. The standard InChI is InChI=1S/C51H97NO5/c1-5-9-13-15-17-18-22-30-39-49(37-28-12-8-4)47-51(55)57-45-34-26-20-24-32-41-52(42-35-43-53)40-31-23-19-25-33-44-56-50(54)46-48(36-27-11-7-3)38-29-21-16-14-10-6-2/h46-47,53H,5-45H2,1-4H3/b48-46+,49-47+. The van der Waals surface area contributed by atoms with E-state index in [0.717, 1.165) is 77.4 Å². The van der Waals surface area contributed by atoms with Gasteiger partial charge in [0.2, 0.25) is 0 Å². The van der Waals surface area contributed by atoms with Crippen LogP contribution in [-0.4, -0.2) is 61.4 Å². The van der Waals surface area contributed by atoms with E-state index in [0.29, 0.717) is 13.2 Å². The number of carbonyl (C=O) groups excluding carboxylic acids is 2. The lowest BCUT2D eigenvalue weighted by molar-refractivity contribution is -0.138. The highest BCUT2D eigenvalue weighted by Crippen LogP contribution is 2.20. The van der Waals surface area contributed by atoms with Crippen molar-refractivity contribution >= 4 is 11.9 Å². The number of aliphatic hydroxyl groups is 1. The van der Waals surface area contributed by atoms with Gasteiger partial charge in [-0.15, -0.1) is 0 Å². The third-order valence-corrected chi connectivity index (χ3v) is 11.4. The molecule has 0 aromatic carbocycles. The van der Waals surface area contributed by atoms with Crippen molar-refractivity contribution in [2.75, 3.05) is 39.5 Å². The Balaban J connectivity index is 4.21. The predicted molar refractivity (Wildman–Crippen MR) is 246 cm³/mol. The summed E-state index contributed by atoms with van der Waals surface area (Å²) in [5.41, 5.74) is 2.57. The smallest absolute Gasteiger partial charge is 0.330 e. The van der Waals surface area contributed by atoms with Crippen LogP contribution in [0.25, 0.3) is 0 Å². The lowest BCUT2D eigenvalue weighted by Gasteiger charge is -2.22. The van der Waals surface area contributed by atoms with Gasteiger partial charge in [0.1, 0.15) is 0 Å². The fourth-order valence-electron chi connectivity index (χ4n) is 7.69. The van der Waals surface area contributed by atoms with E-state index in [1.54, 1.807) is 0 Å². The average Bonchev–Trinajstić information content (AvgIpc) is 3.20. The SMILES string of the molecule is CCCCCCCCCC/C(=C/C(=O)OCCCCCCCN(CCCO)CCCCCCCOC(=O)/C=C(\CCCCC)CCCCCCCC)CCCCC. The first-order chi connectivity index (χ1) is 28.0. The maximum atomic E-state index is 12.6. The second-order valence-electron chi connectivity index (χ2n) is 17.1. The molecule has 336 valence electrons. The van der Waals surface area contributed by atoms with Crippen molar-refractivity contribution in [2.45, 2.75) is 252 Å². The van der Waals surface area contributed by atoms with Gasteiger partial charge in [0.15, 0.2) is 0 Å². The van der Waals surface area contributed by atoms with Gasteiger partial charge in [-0.25, -0.2) is 9.59 Å². The maximum Gasteiger partial charge on any atom is 0.330 e. The molecule has 0 radical (unpaired) electrons. The number of ether oxygens (including phenoxy) is 2. The summed E-state index contributed by atoms with van der Waals surface area (Å²) in [6.07, 6.45) is 45.1. The van der Waals surface area contributed by atoms with E-state index < -0.39 is 0 Å². The van der Waals surface area contributed by atoms with E-state index >= 15 is 0 Å². The van der Waals surface area contributed by atoms with Crippen molar-refractivity contribution < 1.29 is 24.2 Å². The Morgan fingerprint density at radius 3 is 1.04 bits per heavy atom. The molecule has 0 aliphatic heterocycles. The molecule has 0 spiro atoms. The number of carbonyl (C=O) groups is 2. The zero-order valence-electron chi connectivity index (χ0n) is 38.7. The fraction of sp³-hybridized carbons (Fsp3) is 0.882. The fourth-order valence-corrected chi connectivity index (χ4v) is 7.69. The highest BCUT2D eigenvalue weighted by atomic mass is 16.5. The van der Waals surface area contributed by atoms with Crippen molar-refractivity contribution in [3.8, 4) is 0 Å². The Morgan fingerprint density at radius 1 is 0.386 bits per heavy atom. The maximum absolute atomic E-state index is 12.6. The van der Waals surface area contributed by atoms with Crippen LogP contribution in [0, 0.1) is 0 Å². The van der Waals surface area contributed by atoms with Crippen LogP contribution < -0.4 is 0 Å². The van der Waals surface area contributed by atoms with Crippen LogP contribution in [0.1, 0.15) is 252 Å². The molecule has 0 amide bonds. The Morgan fingerprint density at radius 2 is 0.667 bits per heavy atom. The number of hydrogen-bond acceptors (Lipinski definition) is 6. The summed E-state index contributed by atoms with van der Waals surface area (Å²) in [6.45, 7) is 13.4. The Labute approximate surface area is 355 Å². The molecule has 1 N–H and O–H groups in total. The zero-order chi connectivity index (χ0) is 41.7. The summed E-state index contributed by atoms with van der Waals surface area (Å²) in [5, 5.41) is 9.43. The van der Waals surface area contributed by atoms with Crippen molar-refractivity contribution in [3.63, 3.8) is 0 Å². The van der Waals surface area contributed by atoms with Gasteiger partial charge in [-0.05, 0) is 96.6 Å². The minimum absolute atomic E-state index is 0.141. The zero-order valence-corrected chi connectivity index (χ0v) is 38.7. The Hall–Kier alpha value is -1.66. The quantitative estimate of drug-likeness (QED) is 0.0375. The summed E-state index contributed by atoms with van der Waals surface area (Å²) < 4.78 is 11.2. The number of aliphatic hydroxyl groups excluding tert-OH is 1. The first-order valence-corrected chi connectivity index (χ1v) is 25.1. The van der Waals surface area contributed by atoms with Gasteiger partial charge >= 0.3 is 11.9 Å². The third kappa shape index (κ3) is 40.9. The van der Waals surface area contributed by atoms with Crippen molar-refractivity contribution in [1.29, 1.82) is 0 Å². The van der Waals surface area contributed by atoms with Gasteiger partial charge in [-0.2, -0.15) is 0 Å². The highest BCUT2D eigenvalue weighted by Gasteiger charge is 2.08. The van der Waals surface area contributed by atoms with E-state index in [2.05, 4.69) is 32.6 Å². The van der Waals surface area contributed by atoms with Crippen LogP contribution in [0.2, 0.25) is 0 Å². The van der Waals surface area contributed by atoms with Crippen molar-refractivity contribution in [2.24, 2.45) is 0 Å². The number of hydrogen-bond donors (Lipinski definition) is 1. The van der Waals surface area contributed by atoms with Crippen LogP contribution in [-0.2, 0) is 19.1 Å². The van der Waals surface area contributed by atoms with E-state index in [1.165, 1.54) is 178 Å². The minimum atomic E-state index is -0.144. The van der Waals surface area contributed by atoms with E-state index in [-0.39, 0.29) is 18.5 Å². The molecule has 0 aromatic heterocycles. The second kappa shape index (κ2) is 45.4. The molecular weight excluding hydrogens is 707 g/mol. The molecule has 0 rings (SSSR count). The third-order valence-electron chi connectivity index (χ3n) is 11.4. The lowest BCUT2D eigenvalue weighted by atomic mass is 10.00. The van der Waals surface area contributed by atoms with Crippen LogP contribution >= 0.6 is 0 Å². The molecule has 0 bridgehead atoms. The number of esters is 2. The van der Waals surface area contributed by atoms with Gasteiger partial charge in [0, 0.05) is 25.3 Å². The summed E-state index contributed by atoms with van der Waals surface area (Å²) >= 11 is 0.